The van der Waals surface area contributed by atoms with E-state index in [9.17, 15) is 4.79 Å². The van der Waals surface area contributed by atoms with E-state index in [1.165, 1.54) is 0 Å². The van der Waals surface area contributed by atoms with E-state index >= 15 is 0 Å². The maximum atomic E-state index is 12.4. The second kappa shape index (κ2) is 6.14. The molecule has 20 heavy (non-hydrogen) atoms. The highest BCUT2D eigenvalue weighted by atomic mass is 79.9. The Morgan fingerprint density at radius 1 is 1.25 bits per heavy atom. The molecule has 1 saturated heterocycles. The molecule has 1 aliphatic rings. The van der Waals surface area contributed by atoms with E-state index in [1.807, 2.05) is 55.0 Å². The summed E-state index contributed by atoms with van der Waals surface area (Å²) >= 11 is 3.48. The highest BCUT2D eigenvalue weighted by molar-refractivity contribution is 9.07. The topological polar surface area (TPSA) is 32.8 Å². The third-order valence-corrected chi connectivity index (χ3v) is 3.74. The number of hydrogen-bond donors (Lipinski definition) is 0. The third kappa shape index (κ3) is 3.96. The summed E-state index contributed by atoms with van der Waals surface area (Å²) in [5.41, 5.74) is 0.595. The lowest BCUT2D eigenvalue weighted by atomic mass is 10.1. The van der Waals surface area contributed by atoms with Gasteiger partial charge in [0.15, 0.2) is 0 Å². The highest BCUT2D eigenvalue weighted by Gasteiger charge is 2.34. The van der Waals surface area contributed by atoms with Gasteiger partial charge in [-0.25, -0.2) is 8.72 Å². The fraction of sp³-hybridized carbons (Fsp3) is 0.533. The smallest absolute Gasteiger partial charge is 0.330 e. The van der Waals surface area contributed by atoms with Crippen molar-refractivity contribution < 1.29 is 9.53 Å². The number of ether oxygens (including phenoxy) is 1. The Morgan fingerprint density at radius 3 is 2.50 bits per heavy atom. The average Bonchev–Trinajstić information content (AvgIpc) is 2.37. The summed E-state index contributed by atoms with van der Waals surface area (Å²) in [5, 5.41) is 0. The average molecular weight is 341 g/mol. The number of carbonyl (C=O) groups excluding carboxylic acids is 1. The Balaban J connectivity index is 2.19. The second-order valence-corrected chi connectivity index (χ2v) is 6.95. The van der Waals surface area contributed by atoms with Crippen LogP contribution in [-0.4, -0.2) is 41.2 Å². The van der Waals surface area contributed by atoms with Crippen molar-refractivity contribution >= 4 is 27.8 Å². The van der Waals surface area contributed by atoms with Crippen molar-refractivity contribution in [1.82, 2.24) is 3.93 Å². The number of piperazine rings is 1. The van der Waals surface area contributed by atoms with E-state index < -0.39 is 5.60 Å². The Hall–Kier alpha value is -1.07. The number of benzene rings is 1. The van der Waals surface area contributed by atoms with Crippen LogP contribution in [0.4, 0.5) is 5.69 Å². The van der Waals surface area contributed by atoms with E-state index in [1.54, 1.807) is 0 Å². The van der Waals surface area contributed by atoms with Gasteiger partial charge in [-0.1, -0.05) is 18.2 Å². The number of rotatable bonds is 2. The number of hydrogen-bond acceptors (Lipinski definition) is 4. The molecular weight excluding hydrogens is 320 g/mol. The zero-order valence-electron chi connectivity index (χ0n) is 12.2. The second-order valence-electron chi connectivity index (χ2n) is 5.95. The number of anilines is 1. The zero-order valence-corrected chi connectivity index (χ0v) is 13.8. The number of nitrogens with zero attached hydrogens (tertiary/aromatic N) is 2. The summed E-state index contributed by atoms with van der Waals surface area (Å²) in [5.74, 6) is -0.175. The number of halogens is 1. The molecule has 1 fully saturated rings. The summed E-state index contributed by atoms with van der Waals surface area (Å²) in [7, 11) is 0. The highest BCUT2D eigenvalue weighted by Crippen LogP contribution is 2.23. The van der Waals surface area contributed by atoms with Crippen molar-refractivity contribution in [3.8, 4) is 0 Å². The monoisotopic (exact) mass is 340 g/mol. The summed E-state index contributed by atoms with van der Waals surface area (Å²) < 4.78 is 7.54. The van der Waals surface area contributed by atoms with Gasteiger partial charge in [0.25, 0.3) is 0 Å². The first kappa shape index (κ1) is 15.3. The molecule has 1 unspecified atom stereocenters. The van der Waals surface area contributed by atoms with Gasteiger partial charge in [0, 0.05) is 41.5 Å². The maximum absolute atomic E-state index is 12.4. The molecule has 0 saturated carbocycles. The van der Waals surface area contributed by atoms with Crippen molar-refractivity contribution in [3.05, 3.63) is 30.3 Å². The number of para-hydroxylation sites is 1. The molecule has 0 N–H and O–H groups in total. The third-order valence-electron chi connectivity index (χ3n) is 3.10. The van der Waals surface area contributed by atoms with Crippen molar-refractivity contribution in [2.24, 2.45) is 0 Å². The summed E-state index contributed by atoms with van der Waals surface area (Å²) in [6.45, 7) is 7.96. The Bertz CT molecular complexity index is 459. The van der Waals surface area contributed by atoms with Crippen LogP contribution in [0.2, 0.25) is 0 Å². The van der Waals surface area contributed by atoms with Gasteiger partial charge >= 0.3 is 5.97 Å². The quantitative estimate of drug-likeness (QED) is 0.612. The molecule has 1 aliphatic heterocycles. The molecule has 1 heterocycles. The van der Waals surface area contributed by atoms with Crippen molar-refractivity contribution in [3.63, 3.8) is 0 Å². The SMILES string of the molecule is CC(C)(C)OC(=O)C1CN(Br)CCN1c1ccccc1. The lowest BCUT2D eigenvalue weighted by Gasteiger charge is -2.40. The zero-order chi connectivity index (χ0) is 14.8. The molecule has 1 aromatic carbocycles. The molecular formula is C15H21BrN2O2. The Kier molecular flexibility index (Phi) is 4.70. The molecule has 4 nitrogen and oxygen atoms in total. The minimum absolute atomic E-state index is 0.175. The van der Waals surface area contributed by atoms with Crippen LogP contribution >= 0.6 is 16.1 Å². The van der Waals surface area contributed by atoms with Gasteiger partial charge in [-0.2, -0.15) is 0 Å². The molecule has 0 aromatic heterocycles. The Labute approximate surface area is 129 Å². The van der Waals surface area contributed by atoms with E-state index in [4.69, 9.17) is 4.74 Å². The largest absolute Gasteiger partial charge is 0.458 e. The van der Waals surface area contributed by atoms with Gasteiger partial charge in [0.05, 0.1) is 0 Å². The van der Waals surface area contributed by atoms with Gasteiger partial charge in [0.1, 0.15) is 11.6 Å². The van der Waals surface area contributed by atoms with Gasteiger partial charge in [-0.15, -0.1) is 0 Å². The van der Waals surface area contributed by atoms with Crippen molar-refractivity contribution in [1.29, 1.82) is 0 Å². The van der Waals surface area contributed by atoms with Crippen LogP contribution in [-0.2, 0) is 9.53 Å². The van der Waals surface area contributed by atoms with Crippen LogP contribution < -0.4 is 4.90 Å². The van der Waals surface area contributed by atoms with E-state index in [0.717, 1.165) is 18.8 Å². The van der Waals surface area contributed by atoms with Gasteiger partial charge in [0.2, 0.25) is 0 Å². The Morgan fingerprint density at radius 2 is 1.90 bits per heavy atom. The summed E-state index contributed by atoms with van der Waals surface area (Å²) in [4.78, 5) is 14.5. The lowest BCUT2D eigenvalue weighted by molar-refractivity contribution is -0.157. The summed E-state index contributed by atoms with van der Waals surface area (Å²) in [6, 6.07) is 9.73. The molecule has 0 bridgehead atoms. The van der Waals surface area contributed by atoms with Crippen molar-refractivity contribution in [2.75, 3.05) is 24.5 Å². The predicted octanol–water partition coefficient (Wildman–Crippen LogP) is 2.83. The van der Waals surface area contributed by atoms with Gasteiger partial charge in [-0.05, 0) is 32.9 Å². The molecule has 0 spiro atoms. The van der Waals surface area contributed by atoms with Gasteiger partial charge < -0.3 is 9.64 Å². The maximum Gasteiger partial charge on any atom is 0.330 e. The van der Waals surface area contributed by atoms with Crippen LogP contribution in [0, 0.1) is 0 Å². The first-order valence-corrected chi connectivity index (χ1v) is 7.53. The van der Waals surface area contributed by atoms with Crippen LogP contribution in [0.1, 0.15) is 20.8 Å². The standard InChI is InChI=1S/C15H21BrN2O2/c1-15(2,3)20-14(19)13-11-17(16)9-10-18(13)12-7-5-4-6-8-12/h4-8,13H,9-11H2,1-3H3. The van der Waals surface area contributed by atoms with E-state index in [-0.39, 0.29) is 12.0 Å². The minimum atomic E-state index is -0.464. The van der Waals surface area contributed by atoms with Crippen LogP contribution in [0.15, 0.2) is 30.3 Å². The lowest BCUT2D eigenvalue weighted by Crippen LogP contribution is -2.55. The molecule has 0 aliphatic carbocycles. The first-order valence-electron chi connectivity index (χ1n) is 6.82. The molecule has 110 valence electrons. The minimum Gasteiger partial charge on any atom is -0.458 e. The fourth-order valence-corrected chi connectivity index (χ4v) is 2.68. The van der Waals surface area contributed by atoms with E-state index in [0.29, 0.717) is 6.54 Å². The normalized spacial score (nSPS) is 20.8. The van der Waals surface area contributed by atoms with Crippen LogP contribution in [0.3, 0.4) is 0 Å². The van der Waals surface area contributed by atoms with E-state index in [2.05, 4.69) is 21.0 Å². The molecule has 0 amide bonds. The van der Waals surface area contributed by atoms with Crippen molar-refractivity contribution in [2.45, 2.75) is 32.4 Å². The number of carbonyl (C=O) groups is 1. The van der Waals surface area contributed by atoms with Gasteiger partial charge in [-0.3, -0.25) is 0 Å². The predicted molar refractivity (Wildman–Crippen MR) is 83.9 cm³/mol. The molecule has 5 heteroatoms. The number of esters is 1. The molecule has 1 aromatic rings. The summed E-state index contributed by atoms with van der Waals surface area (Å²) in [6.07, 6.45) is 0. The van der Waals surface area contributed by atoms with Crippen LogP contribution in [0.25, 0.3) is 0 Å². The fourth-order valence-electron chi connectivity index (χ4n) is 2.25. The molecule has 2 rings (SSSR count). The molecule has 1 atom stereocenters. The first-order chi connectivity index (χ1) is 9.37. The molecule has 0 radical (unpaired) electrons. The van der Waals surface area contributed by atoms with Crippen LogP contribution in [0.5, 0.6) is 0 Å².